The van der Waals surface area contributed by atoms with Crippen LogP contribution in [0.5, 0.6) is 11.5 Å². The average molecular weight is 564 g/mol. The Balaban J connectivity index is 1.35. The molecule has 2 fully saturated rings. The number of carbonyl (C=O) groups is 2. The predicted molar refractivity (Wildman–Crippen MR) is 133 cm³/mol. The van der Waals surface area contributed by atoms with E-state index in [4.69, 9.17) is 32.7 Å². The molecule has 6 nitrogen and oxygen atoms in total. The highest BCUT2D eigenvalue weighted by molar-refractivity contribution is 9.10. The summed E-state index contributed by atoms with van der Waals surface area (Å²) in [6, 6.07) is 8.75. The summed E-state index contributed by atoms with van der Waals surface area (Å²) in [5.74, 6) is 0.322. The molecule has 4 atom stereocenters. The van der Waals surface area contributed by atoms with Crippen molar-refractivity contribution in [2.24, 2.45) is 28.8 Å². The lowest BCUT2D eigenvalue weighted by Gasteiger charge is -2.15. The first-order chi connectivity index (χ1) is 16.4. The van der Waals surface area contributed by atoms with Gasteiger partial charge in [0.15, 0.2) is 11.5 Å². The number of hydrogen-bond donors (Lipinski definition) is 0. The Labute approximate surface area is 215 Å². The van der Waals surface area contributed by atoms with Gasteiger partial charge in [0.2, 0.25) is 0 Å². The molecule has 2 aliphatic carbocycles. The maximum Gasteiger partial charge on any atom is 0.254 e. The fourth-order valence-electron chi connectivity index (χ4n) is 4.95. The number of nitrogens with zero attached hydrogens (tertiary/aromatic N) is 2. The van der Waals surface area contributed by atoms with E-state index in [2.05, 4.69) is 33.2 Å². The maximum absolute atomic E-state index is 12.9. The van der Waals surface area contributed by atoms with Gasteiger partial charge in [-0.2, -0.15) is 10.1 Å². The lowest BCUT2D eigenvalue weighted by molar-refractivity contribution is -0.140. The Morgan fingerprint density at radius 1 is 1.06 bits per heavy atom. The molecule has 1 saturated carbocycles. The summed E-state index contributed by atoms with van der Waals surface area (Å²) in [4.78, 5) is 25.7. The van der Waals surface area contributed by atoms with E-state index in [1.165, 1.54) is 6.21 Å². The Hall–Kier alpha value is -2.35. The number of amides is 2. The Bertz CT molecular complexity index is 1200. The highest BCUT2D eigenvalue weighted by Crippen LogP contribution is 2.52. The van der Waals surface area contributed by atoms with E-state index in [1.807, 2.05) is 13.0 Å². The zero-order chi connectivity index (χ0) is 24.0. The van der Waals surface area contributed by atoms with Crippen molar-refractivity contribution in [1.82, 2.24) is 5.01 Å². The zero-order valence-electron chi connectivity index (χ0n) is 18.2. The number of ether oxygens (including phenoxy) is 2. The molecule has 2 bridgehead atoms. The van der Waals surface area contributed by atoms with Gasteiger partial charge >= 0.3 is 0 Å². The molecule has 34 heavy (non-hydrogen) atoms. The third-order valence-electron chi connectivity index (χ3n) is 6.52. The molecule has 0 N–H and O–H groups in total. The van der Waals surface area contributed by atoms with Gasteiger partial charge in [0.05, 0.1) is 24.7 Å². The Morgan fingerprint density at radius 2 is 1.74 bits per heavy atom. The van der Waals surface area contributed by atoms with Gasteiger partial charge in [-0.1, -0.05) is 41.4 Å². The Morgan fingerprint density at radius 3 is 2.38 bits per heavy atom. The topological polar surface area (TPSA) is 68.2 Å². The van der Waals surface area contributed by atoms with Crippen LogP contribution < -0.4 is 9.47 Å². The average Bonchev–Trinajstić information content (AvgIpc) is 3.48. The third kappa shape index (κ3) is 4.14. The molecular weight excluding hydrogens is 543 g/mol. The van der Waals surface area contributed by atoms with E-state index in [-0.39, 0.29) is 42.1 Å². The van der Waals surface area contributed by atoms with Crippen molar-refractivity contribution in [1.29, 1.82) is 0 Å². The number of fused-ring (bicyclic) bond motifs is 5. The zero-order valence-corrected chi connectivity index (χ0v) is 21.3. The normalized spacial score (nSPS) is 25.0. The van der Waals surface area contributed by atoms with E-state index in [0.717, 1.165) is 17.0 Å². The summed E-state index contributed by atoms with van der Waals surface area (Å²) >= 11 is 15.7. The number of hydrogen-bond acceptors (Lipinski definition) is 5. The van der Waals surface area contributed by atoms with Gasteiger partial charge in [-0.15, -0.1) is 0 Å². The number of halogens is 3. The van der Waals surface area contributed by atoms with E-state index >= 15 is 0 Å². The van der Waals surface area contributed by atoms with Crippen LogP contribution in [0.2, 0.25) is 10.0 Å². The minimum Gasteiger partial charge on any atom is -0.490 e. The predicted octanol–water partition coefficient (Wildman–Crippen LogP) is 5.87. The molecule has 3 aliphatic rings. The second-order valence-corrected chi connectivity index (χ2v) is 10.2. The van der Waals surface area contributed by atoms with Gasteiger partial charge in [0, 0.05) is 25.6 Å². The highest BCUT2D eigenvalue weighted by atomic mass is 79.9. The monoisotopic (exact) mass is 562 g/mol. The third-order valence-corrected chi connectivity index (χ3v) is 7.79. The standard InChI is InChI=1S/C25H21BrCl2N2O4/c1-2-33-20-8-16(18(26)10-21(20)34-12-15-5-6-17(27)9-19(15)28)11-29-30-24(31)22-13-3-4-14(7-13)23(22)25(30)32/h3-6,8-11,13-14,22-23H,2,7,12H2,1H3/t13-,14-,22-,23+/m0/s1. The molecule has 5 rings (SSSR count). The first kappa shape index (κ1) is 23.4. The number of carbonyl (C=O) groups excluding carboxylic acids is 2. The first-order valence-corrected chi connectivity index (χ1v) is 12.6. The van der Waals surface area contributed by atoms with Gasteiger partial charge in [0.1, 0.15) is 6.61 Å². The first-order valence-electron chi connectivity index (χ1n) is 11.0. The van der Waals surface area contributed by atoms with E-state index in [0.29, 0.717) is 38.2 Å². The second kappa shape index (κ2) is 9.36. The lowest BCUT2D eigenvalue weighted by atomic mass is 9.85. The quantitative estimate of drug-likeness (QED) is 0.240. The second-order valence-electron chi connectivity index (χ2n) is 8.51. The molecule has 1 saturated heterocycles. The van der Waals surface area contributed by atoms with Crippen LogP contribution in [0, 0.1) is 23.7 Å². The van der Waals surface area contributed by atoms with E-state index in [9.17, 15) is 9.59 Å². The van der Waals surface area contributed by atoms with Crippen molar-refractivity contribution in [2.75, 3.05) is 6.61 Å². The highest BCUT2D eigenvalue weighted by Gasteiger charge is 2.59. The lowest BCUT2D eigenvalue weighted by Crippen LogP contribution is -2.28. The van der Waals surface area contributed by atoms with Crippen molar-refractivity contribution < 1.29 is 19.1 Å². The van der Waals surface area contributed by atoms with Gasteiger partial charge in [-0.3, -0.25) is 9.59 Å². The van der Waals surface area contributed by atoms with Crippen LogP contribution in [0.15, 0.2) is 52.1 Å². The fraction of sp³-hybridized carbons (Fsp3) is 0.320. The summed E-state index contributed by atoms with van der Waals surface area (Å²) in [5, 5.41) is 6.36. The molecule has 0 aromatic heterocycles. The summed E-state index contributed by atoms with van der Waals surface area (Å²) in [6.45, 7) is 2.53. The summed E-state index contributed by atoms with van der Waals surface area (Å²) in [7, 11) is 0. The molecule has 1 aliphatic heterocycles. The number of allylic oxidation sites excluding steroid dienone is 2. The van der Waals surface area contributed by atoms with Crippen LogP contribution in [0.3, 0.4) is 0 Å². The minimum absolute atomic E-state index is 0.147. The minimum atomic E-state index is -0.280. The van der Waals surface area contributed by atoms with Gasteiger partial charge in [-0.25, -0.2) is 0 Å². The summed E-state index contributed by atoms with van der Waals surface area (Å²) < 4.78 is 12.4. The van der Waals surface area contributed by atoms with Gasteiger partial charge in [0.25, 0.3) is 11.8 Å². The van der Waals surface area contributed by atoms with Crippen LogP contribution in [0.4, 0.5) is 0 Å². The molecule has 9 heteroatoms. The molecular formula is C25H21BrCl2N2O4. The van der Waals surface area contributed by atoms with Crippen molar-refractivity contribution in [3.05, 3.63) is 68.1 Å². The molecule has 0 radical (unpaired) electrons. The van der Waals surface area contributed by atoms with Crippen LogP contribution >= 0.6 is 39.1 Å². The molecule has 2 aromatic carbocycles. The van der Waals surface area contributed by atoms with Crippen LogP contribution in [-0.4, -0.2) is 29.6 Å². The molecule has 1 heterocycles. The molecule has 2 amide bonds. The molecule has 0 unspecified atom stereocenters. The summed E-state index contributed by atoms with van der Waals surface area (Å²) in [6.07, 6.45) is 6.51. The smallest absolute Gasteiger partial charge is 0.254 e. The van der Waals surface area contributed by atoms with Gasteiger partial charge < -0.3 is 9.47 Å². The number of benzene rings is 2. The van der Waals surface area contributed by atoms with Crippen molar-refractivity contribution >= 4 is 57.2 Å². The SMILES string of the molecule is CCOc1cc(C=NN2C(=O)[C@@H]3[C@H](C2=O)[C@H]2C=C[C@H]3C2)c(Br)cc1OCc1ccc(Cl)cc1Cl. The maximum atomic E-state index is 12.9. The van der Waals surface area contributed by atoms with E-state index < -0.39 is 0 Å². The molecule has 176 valence electrons. The van der Waals surface area contributed by atoms with E-state index in [1.54, 1.807) is 24.3 Å². The van der Waals surface area contributed by atoms with Crippen molar-refractivity contribution in [3.63, 3.8) is 0 Å². The van der Waals surface area contributed by atoms with Crippen LogP contribution in [0.25, 0.3) is 0 Å². The molecule has 2 aromatic rings. The van der Waals surface area contributed by atoms with Crippen molar-refractivity contribution in [3.8, 4) is 11.5 Å². The number of imide groups is 1. The molecule has 0 spiro atoms. The fourth-order valence-corrected chi connectivity index (χ4v) is 5.83. The number of rotatable bonds is 7. The summed E-state index contributed by atoms with van der Waals surface area (Å²) in [5.41, 5.74) is 1.44. The van der Waals surface area contributed by atoms with Crippen LogP contribution in [-0.2, 0) is 16.2 Å². The van der Waals surface area contributed by atoms with Crippen LogP contribution in [0.1, 0.15) is 24.5 Å². The van der Waals surface area contributed by atoms with Gasteiger partial charge in [-0.05, 0) is 65.4 Å². The number of hydrazone groups is 1. The van der Waals surface area contributed by atoms with Crippen molar-refractivity contribution in [2.45, 2.75) is 20.0 Å². The largest absolute Gasteiger partial charge is 0.490 e. The Kier molecular flexibility index (Phi) is 6.44.